The lowest BCUT2D eigenvalue weighted by Crippen LogP contribution is -2.43. The summed E-state index contributed by atoms with van der Waals surface area (Å²) in [6, 6.07) is 2.83. The highest BCUT2D eigenvalue weighted by molar-refractivity contribution is 5.94. The fraction of sp³-hybridized carbons (Fsp3) is 0.300. The van der Waals surface area contributed by atoms with Gasteiger partial charge in [-0.25, -0.2) is 4.39 Å². The summed E-state index contributed by atoms with van der Waals surface area (Å²) in [7, 11) is 0. The molecule has 1 aromatic rings. The van der Waals surface area contributed by atoms with Gasteiger partial charge < -0.3 is 5.32 Å². The summed E-state index contributed by atoms with van der Waals surface area (Å²) >= 11 is 0. The standard InChI is InChI=1S/C10H9F4NO/c1-6(10(12,13)14)15-9(16)7-4-2-3-5-8(7)11/h2-6H,1H3,(H,15,16)/t6-/m0/s1. The van der Waals surface area contributed by atoms with Crippen molar-refractivity contribution >= 4 is 5.91 Å². The molecule has 2 nitrogen and oxygen atoms in total. The van der Waals surface area contributed by atoms with Crippen molar-refractivity contribution < 1.29 is 22.4 Å². The number of hydrogen-bond acceptors (Lipinski definition) is 1. The summed E-state index contributed by atoms with van der Waals surface area (Å²) < 4.78 is 49.4. The van der Waals surface area contributed by atoms with E-state index in [9.17, 15) is 22.4 Å². The van der Waals surface area contributed by atoms with Gasteiger partial charge in [-0.05, 0) is 19.1 Å². The second kappa shape index (κ2) is 4.51. The molecule has 0 fully saturated rings. The van der Waals surface area contributed by atoms with Crippen molar-refractivity contribution in [2.24, 2.45) is 0 Å². The number of hydrogen-bond donors (Lipinski definition) is 1. The number of alkyl halides is 3. The molecule has 1 amide bonds. The van der Waals surface area contributed by atoms with Gasteiger partial charge in [0.2, 0.25) is 0 Å². The van der Waals surface area contributed by atoms with Crippen LogP contribution in [-0.4, -0.2) is 18.1 Å². The number of benzene rings is 1. The molecule has 0 heterocycles. The first kappa shape index (κ1) is 12.5. The Morgan fingerprint density at radius 3 is 2.38 bits per heavy atom. The number of halogens is 4. The van der Waals surface area contributed by atoms with Gasteiger partial charge in [-0.1, -0.05) is 12.1 Å². The van der Waals surface area contributed by atoms with E-state index in [1.54, 1.807) is 5.32 Å². The van der Waals surface area contributed by atoms with E-state index in [4.69, 9.17) is 0 Å². The summed E-state index contributed by atoms with van der Waals surface area (Å²) in [6.45, 7) is 0.790. The number of carbonyl (C=O) groups excluding carboxylic acids is 1. The molecule has 1 atom stereocenters. The lowest BCUT2D eigenvalue weighted by atomic mass is 10.2. The monoisotopic (exact) mass is 235 g/mol. The van der Waals surface area contributed by atoms with Crippen LogP contribution in [0.4, 0.5) is 17.6 Å². The zero-order valence-electron chi connectivity index (χ0n) is 8.31. The maximum Gasteiger partial charge on any atom is 0.408 e. The normalized spacial score (nSPS) is 13.3. The van der Waals surface area contributed by atoms with Crippen LogP contribution in [0, 0.1) is 5.82 Å². The van der Waals surface area contributed by atoms with Crippen molar-refractivity contribution in [2.75, 3.05) is 0 Å². The first-order valence-corrected chi connectivity index (χ1v) is 4.44. The number of amides is 1. The number of carbonyl (C=O) groups is 1. The molecule has 0 saturated heterocycles. The van der Waals surface area contributed by atoms with Crippen LogP contribution >= 0.6 is 0 Å². The molecule has 0 spiro atoms. The van der Waals surface area contributed by atoms with Crippen molar-refractivity contribution in [3.05, 3.63) is 35.6 Å². The van der Waals surface area contributed by atoms with Crippen LogP contribution < -0.4 is 5.32 Å². The van der Waals surface area contributed by atoms with Crippen LogP contribution in [0.3, 0.4) is 0 Å². The number of rotatable bonds is 2. The molecular weight excluding hydrogens is 226 g/mol. The number of nitrogens with one attached hydrogen (secondary N) is 1. The molecule has 1 N–H and O–H groups in total. The van der Waals surface area contributed by atoms with Gasteiger partial charge in [0.05, 0.1) is 5.56 Å². The highest BCUT2D eigenvalue weighted by atomic mass is 19.4. The SMILES string of the molecule is C[C@H](NC(=O)c1ccccc1F)C(F)(F)F. The first-order chi connectivity index (χ1) is 7.32. The summed E-state index contributed by atoms with van der Waals surface area (Å²) in [5.74, 6) is -1.93. The van der Waals surface area contributed by atoms with E-state index in [2.05, 4.69) is 0 Å². The Labute approximate surface area is 89.3 Å². The summed E-state index contributed by atoms with van der Waals surface area (Å²) in [5.41, 5.74) is -0.404. The first-order valence-electron chi connectivity index (χ1n) is 4.44. The highest BCUT2D eigenvalue weighted by Gasteiger charge is 2.37. The van der Waals surface area contributed by atoms with E-state index in [-0.39, 0.29) is 0 Å². The second-order valence-corrected chi connectivity index (χ2v) is 3.22. The van der Waals surface area contributed by atoms with E-state index in [0.717, 1.165) is 19.1 Å². The van der Waals surface area contributed by atoms with Crippen LogP contribution in [0.1, 0.15) is 17.3 Å². The van der Waals surface area contributed by atoms with Gasteiger partial charge in [0, 0.05) is 0 Å². The van der Waals surface area contributed by atoms with Crippen LogP contribution in [-0.2, 0) is 0 Å². The van der Waals surface area contributed by atoms with E-state index >= 15 is 0 Å². The Kier molecular flexibility index (Phi) is 3.51. The van der Waals surface area contributed by atoms with Crippen molar-refractivity contribution in [1.29, 1.82) is 0 Å². The lowest BCUT2D eigenvalue weighted by Gasteiger charge is -2.17. The maximum absolute atomic E-state index is 13.0. The molecule has 16 heavy (non-hydrogen) atoms. The maximum atomic E-state index is 13.0. The van der Waals surface area contributed by atoms with Crippen molar-refractivity contribution in [1.82, 2.24) is 5.32 Å². The minimum Gasteiger partial charge on any atom is -0.340 e. The topological polar surface area (TPSA) is 29.1 Å². The predicted molar refractivity (Wildman–Crippen MR) is 49.4 cm³/mol. The average Bonchev–Trinajstić information content (AvgIpc) is 2.16. The molecule has 0 aliphatic rings. The minimum absolute atomic E-state index is 0.404. The quantitative estimate of drug-likeness (QED) is 0.784. The molecule has 0 aliphatic heterocycles. The average molecular weight is 235 g/mol. The summed E-state index contributed by atoms with van der Waals surface area (Å²) in [5, 5.41) is 1.67. The molecule has 88 valence electrons. The van der Waals surface area contributed by atoms with Crippen molar-refractivity contribution in [3.63, 3.8) is 0 Å². The summed E-state index contributed by atoms with van der Waals surface area (Å²) in [6.07, 6.45) is -4.54. The van der Waals surface area contributed by atoms with Crippen molar-refractivity contribution in [3.8, 4) is 0 Å². The Morgan fingerprint density at radius 1 is 1.31 bits per heavy atom. The Morgan fingerprint density at radius 2 is 1.88 bits per heavy atom. The van der Waals surface area contributed by atoms with Gasteiger partial charge >= 0.3 is 6.18 Å². The Hall–Kier alpha value is -1.59. The van der Waals surface area contributed by atoms with E-state index in [1.807, 2.05) is 0 Å². The molecule has 0 saturated carbocycles. The van der Waals surface area contributed by atoms with Crippen LogP contribution in [0.2, 0.25) is 0 Å². The molecule has 0 bridgehead atoms. The molecule has 0 aromatic heterocycles. The minimum atomic E-state index is -4.54. The fourth-order valence-corrected chi connectivity index (χ4v) is 1.00. The largest absolute Gasteiger partial charge is 0.408 e. The van der Waals surface area contributed by atoms with Gasteiger partial charge in [0.25, 0.3) is 5.91 Å². The fourth-order valence-electron chi connectivity index (χ4n) is 1.00. The molecule has 1 rings (SSSR count). The van der Waals surface area contributed by atoms with Crippen LogP contribution in [0.15, 0.2) is 24.3 Å². The van der Waals surface area contributed by atoms with Gasteiger partial charge in [-0.15, -0.1) is 0 Å². The highest BCUT2D eigenvalue weighted by Crippen LogP contribution is 2.20. The molecule has 1 aromatic carbocycles. The molecular formula is C10H9F4NO. The second-order valence-electron chi connectivity index (χ2n) is 3.22. The Balaban J connectivity index is 2.78. The van der Waals surface area contributed by atoms with E-state index in [1.165, 1.54) is 12.1 Å². The molecule has 6 heteroatoms. The zero-order chi connectivity index (χ0) is 12.3. The molecule has 0 aliphatic carbocycles. The van der Waals surface area contributed by atoms with Crippen LogP contribution in [0.25, 0.3) is 0 Å². The van der Waals surface area contributed by atoms with Gasteiger partial charge in [-0.3, -0.25) is 4.79 Å². The van der Waals surface area contributed by atoms with E-state index in [0.29, 0.717) is 0 Å². The third-order valence-corrected chi connectivity index (χ3v) is 1.96. The van der Waals surface area contributed by atoms with Gasteiger partial charge in [-0.2, -0.15) is 13.2 Å². The van der Waals surface area contributed by atoms with Crippen molar-refractivity contribution in [2.45, 2.75) is 19.1 Å². The van der Waals surface area contributed by atoms with Gasteiger partial charge in [0.15, 0.2) is 0 Å². The smallest absolute Gasteiger partial charge is 0.340 e. The molecule has 0 radical (unpaired) electrons. The summed E-state index contributed by atoms with van der Waals surface area (Å²) in [4.78, 5) is 11.3. The predicted octanol–water partition coefficient (Wildman–Crippen LogP) is 2.51. The molecule has 0 unspecified atom stereocenters. The third kappa shape index (κ3) is 2.95. The van der Waals surface area contributed by atoms with E-state index < -0.39 is 29.5 Å². The Bertz CT molecular complexity index is 389. The lowest BCUT2D eigenvalue weighted by molar-refractivity contribution is -0.149. The zero-order valence-corrected chi connectivity index (χ0v) is 8.31. The third-order valence-electron chi connectivity index (χ3n) is 1.96. The van der Waals surface area contributed by atoms with Crippen LogP contribution in [0.5, 0.6) is 0 Å². The van der Waals surface area contributed by atoms with Gasteiger partial charge in [0.1, 0.15) is 11.9 Å².